The van der Waals surface area contributed by atoms with Gasteiger partial charge in [-0.3, -0.25) is 14.4 Å². The van der Waals surface area contributed by atoms with Crippen LogP contribution in [0.1, 0.15) is 38.0 Å². The minimum Gasteiger partial charge on any atom is -0.452 e. The fourth-order valence-corrected chi connectivity index (χ4v) is 3.22. The van der Waals surface area contributed by atoms with Crippen LogP contribution < -0.4 is 10.6 Å². The van der Waals surface area contributed by atoms with Gasteiger partial charge in [0.15, 0.2) is 12.4 Å². The lowest BCUT2D eigenvalue weighted by Crippen LogP contribution is -2.22. The molecule has 1 aromatic heterocycles. The van der Waals surface area contributed by atoms with Gasteiger partial charge >= 0.3 is 5.97 Å². The Morgan fingerprint density at radius 3 is 2.47 bits per heavy atom. The number of carbonyl (C=O) groups excluding carboxylic acids is 4. The summed E-state index contributed by atoms with van der Waals surface area (Å²) in [4.78, 5) is 48.2. The largest absolute Gasteiger partial charge is 0.452 e. The van der Waals surface area contributed by atoms with Crippen LogP contribution in [0, 0.1) is 0 Å². The van der Waals surface area contributed by atoms with Gasteiger partial charge in [0.1, 0.15) is 0 Å². The summed E-state index contributed by atoms with van der Waals surface area (Å²) in [5.74, 6) is -1.77. The number of nitrogens with one attached hydrogen (secondary N) is 2. The molecule has 0 fully saturated rings. The second kappa shape index (κ2) is 9.62. The van der Waals surface area contributed by atoms with E-state index in [2.05, 4.69) is 10.6 Å². The van der Waals surface area contributed by atoms with Gasteiger partial charge in [0.2, 0.25) is 0 Å². The van der Waals surface area contributed by atoms with Gasteiger partial charge in [-0.1, -0.05) is 24.3 Å². The lowest BCUT2D eigenvalue weighted by atomic mass is 10.1. The predicted octanol–water partition coefficient (Wildman–Crippen LogP) is 4.00. The third-order valence-electron chi connectivity index (χ3n) is 4.07. The zero-order valence-electron chi connectivity index (χ0n) is 16.0. The molecule has 1 heterocycles. The molecule has 3 rings (SSSR count). The molecular formula is C22H18N2O5S. The minimum absolute atomic E-state index is 0.126. The number of hydrogen-bond acceptors (Lipinski definition) is 6. The van der Waals surface area contributed by atoms with Crippen LogP contribution >= 0.6 is 11.3 Å². The van der Waals surface area contributed by atoms with Crippen molar-refractivity contribution in [1.82, 2.24) is 0 Å². The van der Waals surface area contributed by atoms with E-state index in [0.29, 0.717) is 16.8 Å². The summed E-state index contributed by atoms with van der Waals surface area (Å²) in [5.41, 5.74) is 1.78. The van der Waals surface area contributed by atoms with Crippen molar-refractivity contribution in [1.29, 1.82) is 0 Å². The second-order valence-electron chi connectivity index (χ2n) is 6.27. The Morgan fingerprint density at radius 1 is 0.933 bits per heavy atom. The lowest BCUT2D eigenvalue weighted by Gasteiger charge is -2.11. The highest BCUT2D eigenvalue weighted by Gasteiger charge is 2.17. The van der Waals surface area contributed by atoms with Gasteiger partial charge in [0, 0.05) is 16.6 Å². The minimum atomic E-state index is -0.746. The van der Waals surface area contributed by atoms with E-state index in [1.54, 1.807) is 53.2 Å². The van der Waals surface area contributed by atoms with Crippen LogP contribution in [-0.2, 0) is 9.53 Å². The zero-order chi connectivity index (χ0) is 21.5. The van der Waals surface area contributed by atoms with Crippen molar-refractivity contribution < 1.29 is 23.9 Å². The number of rotatable bonds is 7. The smallest absolute Gasteiger partial charge is 0.340 e. The van der Waals surface area contributed by atoms with Gasteiger partial charge in [-0.25, -0.2) is 4.79 Å². The highest BCUT2D eigenvalue weighted by molar-refractivity contribution is 7.08. The van der Waals surface area contributed by atoms with Crippen molar-refractivity contribution in [2.75, 3.05) is 17.2 Å². The molecule has 2 amide bonds. The third kappa shape index (κ3) is 5.39. The Balaban J connectivity index is 1.61. The molecule has 2 N–H and O–H groups in total. The van der Waals surface area contributed by atoms with Crippen LogP contribution in [0.15, 0.2) is 65.4 Å². The zero-order valence-corrected chi connectivity index (χ0v) is 16.8. The van der Waals surface area contributed by atoms with Crippen molar-refractivity contribution in [2.24, 2.45) is 0 Å². The summed E-state index contributed by atoms with van der Waals surface area (Å²) < 4.78 is 5.09. The fraction of sp³-hybridized carbons (Fsp3) is 0.0909. The van der Waals surface area contributed by atoms with Gasteiger partial charge < -0.3 is 15.4 Å². The molecule has 7 nitrogen and oxygen atoms in total. The van der Waals surface area contributed by atoms with E-state index in [0.717, 1.165) is 0 Å². The van der Waals surface area contributed by atoms with Gasteiger partial charge in [0.05, 0.1) is 16.8 Å². The van der Waals surface area contributed by atoms with Crippen molar-refractivity contribution in [3.05, 3.63) is 82.0 Å². The Labute approximate surface area is 176 Å². The quantitative estimate of drug-likeness (QED) is 0.443. The fourth-order valence-electron chi connectivity index (χ4n) is 2.58. The topological polar surface area (TPSA) is 102 Å². The first-order valence-corrected chi connectivity index (χ1v) is 9.89. The van der Waals surface area contributed by atoms with E-state index < -0.39 is 18.5 Å². The summed E-state index contributed by atoms with van der Waals surface area (Å²) in [6.07, 6.45) is 0. The summed E-state index contributed by atoms with van der Waals surface area (Å²) in [6, 6.07) is 14.5. The molecular weight excluding hydrogens is 404 g/mol. The standard InChI is InChI=1S/C22H18N2O5S/c1-14(25)15-5-4-6-17(11-15)23-20(26)12-29-22(28)18-7-2-3-8-19(18)24-21(27)16-9-10-30-13-16/h2-11,13H,12H2,1H3,(H,23,26)(H,24,27). The number of anilines is 2. The van der Waals surface area contributed by atoms with Crippen LogP contribution in [0.25, 0.3) is 0 Å². The molecule has 3 aromatic rings. The third-order valence-corrected chi connectivity index (χ3v) is 4.75. The van der Waals surface area contributed by atoms with E-state index in [1.807, 2.05) is 0 Å². The van der Waals surface area contributed by atoms with Crippen LogP contribution in [0.3, 0.4) is 0 Å². The first kappa shape index (κ1) is 20.9. The summed E-state index contributed by atoms with van der Waals surface area (Å²) >= 11 is 1.39. The Morgan fingerprint density at radius 2 is 1.73 bits per heavy atom. The highest BCUT2D eigenvalue weighted by atomic mass is 32.1. The van der Waals surface area contributed by atoms with E-state index >= 15 is 0 Å². The number of Topliss-reactive ketones (excluding diaryl/α,β-unsaturated/α-hetero) is 1. The molecule has 0 aliphatic carbocycles. The summed E-state index contributed by atoms with van der Waals surface area (Å²) in [7, 11) is 0. The Bertz CT molecular complexity index is 1090. The molecule has 0 unspecified atom stereocenters. The number of benzene rings is 2. The van der Waals surface area contributed by atoms with Gasteiger partial charge in [-0.2, -0.15) is 11.3 Å². The Kier molecular flexibility index (Phi) is 6.71. The molecule has 0 aliphatic heterocycles. The SMILES string of the molecule is CC(=O)c1cccc(NC(=O)COC(=O)c2ccccc2NC(=O)c2ccsc2)c1. The number of ketones is 1. The maximum Gasteiger partial charge on any atom is 0.340 e. The molecule has 0 saturated heterocycles. The van der Waals surface area contributed by atoms with E-state index in [1.165, 1.54) is 30.4 Å². The number of amides is 2. The van der Waals surface area contributed by atoms with E-state index in [9.17, 15) is 19.2 Å². The number of para-hydroxylation sites is 1. The monoisotopic (exact) mass is 422 g/mol. The van der Waals surface area contributed by atoms with E-state index in [4.69, 9.17) is 4.74 Å². The Hall–Kier alpha value is -3.78. The second-order valence-corrected chi connectivity index (χ2v) is 7.05. The van der Waals surface area contributed by atoms with Crippen LogP contribution in [-0.4, -0.2) is 30.2 Å². The molecule has 0 bridgehead atoms. The van der Waals surface area contributed by atoms with E-state index in [-0.39, 0.29) is 22.9 Å². The molecule has 0 aliphatic rings. The van der Waals surface area contributed by atoms with Gasteiger partial charge in [-0.15, -0.1) is 0 Å². The number of thiophene rings is 1. The van der Waals surface area contributed by atoms with Gasteiger partial charge in [0.25, 0.3) is 11.8 Å². The van der Waals surface area contributed by atoms with Gasteiger partial charge in [-0.05, 0) is 42.6 Å². The highest BCUT2D eigenvalue weighted by Crippen LogP contribution is 2.18. The molecule has 0 saturated carbocycles. The lowest BCUT2D eigenvalue weighted by molar-refractivity contribution is -0.119. The van der Waals surface area contributed by atoms with Crippen molar-refractivity contribution in [2.45, 2.75) is 6.92 Å². The summed E-state index contributed by atoms with van der Waals surface area (Å²) in [6.45, 7) is 0.910. The first-order chi connectivity index (χ1) is 14.4. The number of carbonyl (C=O) groups is 4. The molecule has 2 aromatic carbocycles. The molecule has 30 heavy (non-hydrogen) atoms. The number of ether oxygens (including phenoxy) is 1. The number of hydrogen-bond donors (Lipinski definition) is 2. The van der Waals surface area contributed by atoms with Crippen LogP contribution in [0.4, 0.5) is 11.4 Å². The average Bonchev–Trinajstić information content (AvgIpc) is 3.28. The predicted molar refractivity (Wildman–Crippen MR) is 114 cm³/mol. The molecule has 8 heteroatoms. The van der Waals surface area contributed by atoms with Crippen molar-refractivity contribution in [3.63, 3.8) is 0 Å². The van der Waals surface area contributed by atoms with Crippen LogP contribution in [0.5, 0.6) is 0 Å². The molecule has 0 radical (unpaired) electrons. The molecule has 0 atom stereocenters. The maximum atomic E-state index is 12.4. The maximum absolute atomic E-state index is 12.4. The molecule has 152 valence electrons. The normalized spacial score (nSPS) is 10.2. The van der Waals surface area contributed by atoms with Crippen molar-refractivity contribution in [3.8, 4) is 0 Å². The average molecular weight is 422 g/mol. The van der Waals surface area contributed by atoms with Crippen LogP contribution in [0.2, 0.25) is 0 Å². The summed E-state index contributed by atoms with van der Waals surface area (Å²) in [5, 5.41) is 8.72. The number of esters is 1. The van der Waals surface area contributed by atoms with Crippen molar-refractivity contribution >= 4 is 46.3 Å². The first-order valence-electron chi connectivity index (χ1n) is 8.94. The molecule has 0 spiro atoms.